The molecule has 3 amide bonds. The molecule has 0 aliphatic carbocycles. The molecule has 0 bridgehead atoms. The van der Waals surface area contributed by atoms with E-state index in [1.54, 1.807) is 22.6 Å². The molecule has 1 atom stereocenters. The van der Waals surface area contributed by atoms with Gasteiger partial charge in [-0.15, -0.1) is 0 Å². The number of likely N-dealkylation sites (N-methyl/N-ethyl adjacent to an activating group) is 1. The van der Waals surface area contributed by atoms with Crippen molar-refractivity contribution in [1.82, 2.24) is 10.6 Å². The minimum Gasteiger partial charge on any atom is -0.478 e. The van der Waals surface area contributed by atoms with Gasteiger partial charge in [-0.3, -0.25) is 14.4 Å². The number of nitrogens with one attached hydrogen (secondary N) is 3. The number of carboxylic acid groups (broad SMARTS) is 1. The van der Waals surface area contributed by atoms with Crippen LogP contribution in [0, 0.1) is 16.6 Å². The number of halogens is 3. The molecule has 1 aromatic carbocycles. The second kappa shape index (κ2) is 12.3. The van der Waals surface area contributed by atoms with E-state index in [9.17, 15) is 24.3 Å². The molecule has 0 heterocycles. The Morgan fingerprint density at radius 2 is 1.60 bits per heavy atom. The SMILES string of the molecule is CNC(=O)[C@H](CC(C)C)NC(=O)c1c(I)c(NC(=O)COC)c(I)c(C(=O)O)c1I. The molecule has 9 nitrogen and oxygen atoms in total. The second-order valence-electron chi connectivity index (χ2n) is 6.62. The van der Waals surface area contributed by atoms with Crippen LogP contribution in [0.25, 0.3) is 0 Å². The molecular weight excluding hydrogens is 735 g/mol. The molecule has 0 fully saturated rings. The molecule has 166 valence electrons. The first-order chi connectivity index (χ1) is 14.0. The molecule has 0 unspecified atom stereocenters. The summed E-state index contributed by atoms with van der Waals surface area (Å²) in [5.41, 5.74) is 0.191. The lowest BCUT2D eigenvalue weighted by atomic mass is 10.0. The van der Waals surface area contributed by atoms with Crippen molar-refractivity contribution < 1.29 is 29.0 Å². The van der Waals surface area contributed by atoms with Gasteiger partial charge in [0.15, 0.2) is 0 Å². The Kier molecular flexibility index (Phi) is 11.2. The lowest BCUT2D eigenvalue weighted by Gasteiger charge is -2.22. The lowest BCUT2D eigenvalue weighted by Crippen LogP contribution is -2.46. The summed E-state index contributed by atoms with van der Waals surface area (Å²) in [7, 11) is 2.84. The zero-order valence-electron chi connectivity index (χ0n) is 16.7. The highest BCUT2D eigenvalue weighted by molar-refractivity contribution is 14.1. The van der Waals surface area contributed by atoms with Gasteiger partial charge in [-0.25, -0.2) is 4.79 Å². The van der Waals surface area contributed by atoms with E-state index in [0.29, 0.717) is 13.6 Å². The average Bonchev–Trinajstić information content (AvgIpc) is 2.63. The molecule has 0 saturated carbocycles. The summed E-state index contributed by atoms with van der Waals surface area (Å²) in [6.45, 7) is 3.62. The Balaban J connectivity index is 3.54. The van der Waals surface area contributed by atoms with Crippen LogP contribution in [0.1, 0.15) is 41.0 Å². The fourth-order valence-corrected chi connectivity index (χ4v) is 6.96. The van der Waals surface area contributed by atoms with E-state index >= 15 is 0 Å². The predicted octanol–water partition coefficient (Wildman–Crippen LogP) is 2.67. The summed E-state index contributed by atoms with van der Waals surface area (Å²) < 4.78 is 5.68. The van der Waals surface area contributed by atoms with Crippen LogP contribution < -0.4 is 16.0 Å². The van der Waals surface area contributed by atoms with Crippen LogP contribution in [0.15, 0.2) is 0 Å². The maximum Gasteiger partial charge on any atom is 0.337 e. The van der Waals surface area contributed by atoms with Crippen LogP contribution in [0.4, 0.5) is 5.69 Å². The molecular formula is C18H22I3N3O6. The van der Waals surface area contributed by atoms with Gasteiger partial charge in [-0.2, -0.15) is 0 Å². The van der Waals surface area contributed by atoms with Gasteiger partial charge < -0.3 is 25.8 Å². The molecule has 1 aromatic rings. The summed E-state index contributed by atoms with van der Waals surface area (Å²) in [5, 5.41) is 17.5. The first-order valence-corrected chi connectivity index (χ1v) is 11.9. The third-order valence-corrected chi connectivity index (χ3v) is 7.11. The van der Waals surface area contributed by atoms with Gasteiger partial charge in [0.1, 0.15) is 12.6 Å². The summed E-state index contributed by atoms with van der Waals surface area (Å²) in [6, 6.07) is -0.784. The van der Waals surface area contributed by atoms with Gasteiger partial charge in [0, 0.05) is 17.7 Å². The van der Waals surface area contributed by atoms with E-state index in [1.807, 2.05) is 59.0 Å². The lowest BCUT2D eigenvalue weighted by molar-refractivity contribution is -0.123. The molecule has 0 spiro atoms. The number of anilines is 1. The molecule has 0 aliphatic heterocycles. The molecule has 0 saturated heterocycles. The van der Waals surface area contributed by atoms with E-state index < -0.39 is 23.8 Å². The fraction of sp³-hybridized carbons (Fsp3) is 0.444. The highest BCUT2D eigenvalue weighted by Crippen LogP contribution is 2.36. The minimum atomic E-state index is -1.23. The molecule has 0 aromatic heterocycles. The Morgan fingerprint density at radius 3 is 2.07 bits per heavy atom. The highest BCUT2D eigenvalue weighted by Gasteiger charge is 2.30. The van der Waals surface area contributed by atoms with Gasteiger partial charge in [0.2, 0.25) is 11.8 Å². The van der Waals surface area contributed by atoms with Gasteiger partial charge in [0.05, 0.1) is 24.0 Å². The van der Waals surface area contributed by atoms with Crippen molar-refractivity contribution in [2.45, 2.75) is 26.3 Å². The Morgan fingerprint density at radius 1 is 1.03 bits per heavy atom. The number of amides is 3. The largest absolute Gasteiger partial charge is 0.478 e. The number of carbonyl (C=O) groups excluding carboxylic acids is 3. The maximum atomic E-state index is 13.1. The van der Waals surface area contributed by atoms with E-state index in [-0.39, 0.29) is 38.8 Å². The highest BCUT2D eigenvalue weighted by atomic mass is 127. The van der Waals surface area contributed by atoms with Crippen molar-refractivity contribution in [3.05, 3.63) is 21.8 Å². The number of hydrogen-bond donors (Lipinski definition) is 4. The topological polar surface area (TPSA) is 134 Å². The van der Waals surface area contributed by atoms with E-state index in [4.69, 9.17) is 4.74 Å². The summed E-state index contributed by atoms with van der Waals surface area (Å²) >= 11 is 5.51. The van der Waals surface area contributed by atoms with Crippen molar-refractivity contribution in [1.29, 1.82) is 0 Å². The number of benzene rings is 1. The van der Waals surface area contributed by atoms with Crippen molar-refractivity contribution in [3.8, 4) is 0 Å². The van der Waals surface area contributed by atoms with Gasteiger partial charge in [-0.1, -0.05) is 13.8 Å². The number of methoxy groups -OCH3 is 1. The average molecular weight is 757 g/mol. The first-order valence-electron chi connectivity index (χ1n) is 8.71. The van der Waals surface area contributed by atoms with Crippen LogP contribution in [0.3, 0.4) is 0 Å². The molecule has 4 N–H and O–H groups in total. The standard InChI is InChI=1S/C18H22I3N3O6/c1-7(2)5-8(16(26)22-3)23-17(27)10-12(19)11(18(28)29)14(21)15(13(10)20)24-9(25)6-30-4/h7-8H,5-6H2,1-4H3,(H,22,26)(H,23,27)(H,24,25)(H,28,29)/t8-/m0/s1. The van der Waals surface area contributed by atoms with Crippen molar-refractivity contribution >= 4 is 97.2 Å². The minimum absolute atomic E-state index is 0.0828. The number of carbonyl (C=O) groups is 4. The van der Waals surface area contributed by atoms with Crippen LogP contribution in [-0.2, 0) is 14.3 Å². The predicted molar refractivity (Wildman–Crippen MR) is 137 cm³/mol. The quantitative estimate of drug-likeness (QED) is 0.287. The van der Waals surface area contributed by atoms with Crippen LogP contribution >= 0.6 is 67.8 Å². The fourth-order valence-electron chi connectivity index (χ4n) is 2.58. The Bertz CT molecular complexity index is 860. The third kappa shape index (κ3) is 6.88. The van der Waals surface area contributed by atoms with Crippen LogP contribution in [-0.4, -0.2) is 55.6 Å². The van der Waals surface area contributed by atoms with Gasteiger partial charge in [-0.05, 0) is 80.1 Å². The smallest absolute Gasteiger partial charge is 0.337 e. The van der Waals surface area contributed by atoms with Crippen molar-refractivity contribution in [3.63, 3.8) is 0 Å². The van der Waals surface area contributed by atoms with E-state index in [0.717, 1.165) is 0 Å². The number of rotatable bonds is 9. The van der Waals surface area contributed by atoms with Crippen molar-refractivity contribution in [2.75, 3.05) is 26.1 Å². The van der Waals surface area contributed by atoms with E-state index in [1.165, 1.54) is 14.2 Å². The number of carboxylic acids is 1. The summed E-state index contributed by atoms with van der Waals surface area (Å²) in [4.78, 5) is 49.2. The number of ether oxygens (including phenoxy) is 1. The van der Waals surface area contributed by atoms with Crippen molar-refractivity contribution in [2.24, 2.45) is 5.92 Å². The summed E-state index contributed by atoms with van der Waals surface area (Å²) in [6.07, 6.45) is 0.409. The maximum absolute atomic E-state index is 13.1. The van der Waals surface area contributed by atoms with E-state index in [2.05, 4.69) is 16.0 Å². The summed E-state index contributed by atoms with van der Waals surface area (Å²) in [5.74, 6) is -2.53. The molecule has 30 heavy (non-hydrogen) atoms. The molecule has 12 heteroatoms. The Hall–Kier alpha value is -0.750. The number of hydrogen-bond acceptors (Lipinski definition) is 5. The van der Waals surface area contributed by atoms with Gasteiger partial charge in [0.25, 0.3) is 5.91 Å². The normalized spacial score (nSPS) is 11.7. The molecule has 0 radical (unpaired) electrons. The van der Waals surface area contributed by atoms with Crippen LogP contribution in [0.2, 0.25) is 0 Å². The molecule has 1 rings (SSSR count). The zero-order chi connectivity index (χ0) is 23.2. The zero-order valence-corrected chi connectivity index (χ0v) is 23.2. The first kappa shape index (κ1) is 27.3. The third-order valence-electron chi connectivity index (χ3n) is 3.87. The second-order valence-corrected chi connectivity index (χ2v) is 9.86. The monoisotopic (exact) mass is 757 g/mol. The van der Waals surface area contributed by atoms with Gasteiger partial charge >= 0.3 is 5.97 Å². The molecule has 0 aliphatic rings. The Labute approximate surface area is 215 Å². The van der Waals surface area contributed by atoms with Crippen LogP contribution in [0.5, 0.6) is 0 Å². The number of aromatic carboxylic acids is 1.